The summed E-state index contributed by atoms with van der Waals surface area (Å²) in [5, 5.41) is 0. The van der Waals surface area contributed by atoms with Gasteiger partial charge in [-0.2, -0.15) is 0 Å². The van der Waals surface area contributed by atoms with E-state index in [4.69, 9.17) is 27.4 Å². The van der Waals surface area contributed by atoms with E-state index in [0.29, 0.717) is 32.0 Å². The molecule has 0 radical (unpaired) electrons. The molecular weight excluding hydrogens is 384 g/mol. The number of nitrogens with zero attached hydrogens (tertiary/aromatic N) is 1. The van der Waals surface area contributed by atoms with Gasteiger partial charge in [-0.15, -0.1) is 0 Å². The summed E-state index contributed by atoms with van der Waals surface area (Å²) in [6.45, 7) is 0. The number of carbonyl (C=O) groups is 2. The number of hydrogen-bond acceptors (Lipinski definition) is 6. The molecule has 0 unspecified atom stereocenters. The van der Waals surface area contributed by atoms with Crippen molar-refractivity contribution in [1.29, 1.82) is 0 Å². The van der Waals surface area contributed by atoms with Gasteiger partial charge in [0, 0.05) is 11.6 Å². The lowest BCUT2D eigenvalue weighted by Crippen LogP contribution is -2.30. The molecule has 0 aliphatic carbocycles. The highest BCUT2D eigenvalue weighted by Crippen LogP contribution is 2.38. The standard InChI is InChI=1S/C19H16N2O4S2/c1-24-12-8-7-11(15(10-12)25-2)9-16-18(23)21(19(26)27-16)14-6-4-3-5-13(14)17(20)22/h3-10H,1-2H3,(H2,20,22)/b16-9-. The lowest BCUT2D eigenvalue weighted by atomic mass is 10.1. The van der Waals surface area contributed by atoms with Crippen LogP contribution in [-0.2, 0) is 4.79 Å². The summed E-state index contributed by atoms with van der Waals surface area (Å²) in [5.74, 6) is 0.265. The molecule has 0 bridgehead atoms. The van der Waals surface area contributed by atoms with E-state index < -0.39 is 5.91 Å². The molecule has 0 spiro atoms. The topological polar surface area (TPSA) is 81.9 Å². The van der Waals surface area contributed by atoms with Crippen LogP contribution >= 0.6 is 24.0 Å². The van der Waals surface area contributed by atoms with Gasteiger partial charge in [-0.25, -0.2) is 0 Å². The Morgan fingerprint density at radius 1 is 1.19 bits per heavy atom. The number of hydrogen-bond donors (Lipinski definition) is 1. The maximum atomic E-state index is 12.9. The first kappa shape index (κ1) is 18.9. The second-order valence-electron chi connectivity index (χ2n) is 5.51. The van der Waals surface area contributed by atoms with Crippen LogP contribution < -0.4 is 20.1 Å². The Bertz CT molecular complexity index is 972. The van der Waals surface area contributed by atoms with Gasteiger partial charge >= 0.3 is 0 Å². The van der Waals surface area contributed by atoms with Crippen LogP contribution in [-0.4, -0.2) is 30.4 Å². The first-order valence-electron chi connectivity index (χ1n) is 7.85. The smallest absolute Gasteiger partial charge is 0.270 e. The Balaban J connectivity index is 2.00. The minimum absolute atomic E-state index is 0.233. The lowest BCUT2D eigenvalue weighted by Gasteiger charge is -2.17. The Morgan fingerprint density at radius 3 is 2.59 bits per heavy atom. The number of thiocarbonyl (C=S) groups is 1. The number of nitrogens with two attached hydrogens (primary N) is 1. The number of para-hydroxylation sites is 1. The van der Waals surface area contributed by atoms with E-state index in [-0.39, 0.29) is 11.5 Å². The maximum Gasteiger partial charge on any atom is 0.270 e. The zero-order valence-corrected chi connectivity index (χ0v) is 16.2. The van der Waals surface area contributed by atoms with Gasteiger partial charge in [-0.05, 0) is 30.3 Å². The summed E-state index contributed by atoms with van der Waals surface area (Å²) < 4.78 is 10.9. The summed E-state index contributed by atoms with van der Waals surface area (Å²) in [4.78, 5) is 26.4. The molecule has 2 N–H and O–H groups in total. The Morgan fingerprint density at radius 2 is 1.93 bits per heavy atom. The molecule has 2 aromatic carbocycles. The fourth-order valence-electron chi connectivity index (χ4n) is 2.63. The van der Waals surface area contributed by atoms with Crippen molar-refractivity contribution < 1.29 is 19.1 Å². The fraction of sp³-hybridized carbons (Fsp3) is 0.105. The predicted molar refractivity (Wildman–Crippen MR) is 110 cm³/mol. The molecular formula is C19H16N2O4S2. The molecule has 1 aliphatic rings. The van der Waals surface area contributed by atoms with E-state index in [0.717, 1.165) is 11.8 Å². The first-order chi connectivity index (χ1) is 13.0. The van der Waals surface area contributed by atoms with Crippen LogP contribution in [0.1, 0.15) is 15.9 Å². The molecule has 27 heavy (non-hydrogen) atoms. The molecule has 0 aromatic heterocycles. The third-order valence-electron chi connectivity index (χ3n) is 3.93. The summed E-state index contributed by atoms with van der Waals surface area (Å²) in [6.07, 6.45) is 1.70. The minimum atomic E-state index is -0.625. The number of primary amides is 1. The molecule has 3 rings (SSSR count). The highest BCUT2D eigenvalue weighted by molar-refractivity contribution is 8.27. The van der Waals surface area contributed by atoms with Gasteiger partial charge in [0.15, 0.2) is 4.32 Å². The number of amides is 2. The van der Waals surface area contributed by atoms with Gasteiger partial charge in [0.05, 0.1) is 30.4 Å². The lowest BCUT2D eigenvalue weighted by molar-refractivity contribution is -0.113. The number of benzene rings is 2. The third-order valence-corrected chi connectivity index (χ3v) is 5.23. The van der Waals surface area contributed by atoms with Gasteiger partial charge in [-0.3, -0.25) is 14.5 Å². The van der Waals surface area contributed by atoms with Crippen LogP contribution in [0.25, 0.3) is 6.08 Å². The molecule has 1 fully saturated rings. The van der Waals surface area contributed by atoms with E-state index >= 15 is 0 Å². The monoisotopic (exact) mass is 400 g/mol. The van der Waals surface area contributed by atoms with Crippen molar-refractivity contribution >= 4 is 51.9 Å². The Hall–Kier alpha value is -2.84. The molecule has 2 aromatic rings. The second kappa shape index (κ2) is 7.81. The Labute approximate surface area is 165 Å². The number of thioether (sulfide) groups is 1. The molecule has 0 saturated carbocycles. The van der Waals surface area contributed by atoms with E-state index in [2.05, 4.69) is 0 Å². The average Bonchev–Trinajstić information content (AvgIpc) is 2.95. The summed E-state index contributed by atoms with van der Waals surface area (Å²) >= 11 is 6.51. The van der Waals surface area contributed by atoms with Crippen molar-refractivity contribution in [2.24, 2.45) is 5.73 Å². The SMILES string of the molecule is COc1ccc(/C=C2\SC(=S)N(c3ccccc3C(N)=O)C2=O)c(OC)c1. The Kier molecular flexibility index (Phi) is 5.48. The molecule has 1 heterocycles. The number of rotatable bonds is 5. The molecule has 6 nitrogen and oxygen atoms in total. The third kappa shape index (κ3) is 3.67. The van der Waals surface area contributed by atoms with Crippen molar-refractivity contribution in [1.82, 2.24) is 0 Å². The van der Waals surface area contributed by atoms with E-state index in [1.165, 1.54) is 4.90 Å². The maximum absolute atomic E-state index is 12.9. The summed E-state index contributed by atoms with van der Waals surface area (Å²) in [5.41, 5.74) is 6.74. The zero-order valence-electron chi connectivity index (χ0n) is 14.6. The van der Waals surface area contributed by atoms with E-state index in [1.54, 1.807) is 62.8 Å². The average molecular weight is 400 g/mol. The van der Waals surface area contributed by atoms with Crippen molar-refractivity contribution in [2.75, 3.05) is 19.1 Å². The molecule has 1 aliphatic heterocycles. The van der Waals surface area contributed by atoms with Crippen LogP contribution in [0.2, 0.25) is 0 Å². The normalized spacial score (nSPS) is 15.3. The van der Waals surface area contributed by atoms with E-state index in [9.17, 15) is 9.59 Å². The number of carbonyl (C=O) groups excluding carboxylic acids is 2. The van der Waals surface area contributed by atoms with Crippen molar-refractivity contribution in [3.8, 4) is 11.5 Å². The molecule has 2 amide bonds. The predicted octanol–water partition coefficient (Wildman–Crippen LogP) is 3.21. The summed E-state index contributed by atoms with van der Waals surface area (Å²) in [7, 11) is 3.11. The number of ether oxygens (including phenoxy) is 2. The van der Waals surface area contributed by atoms with Crippen LogP contribution in [0.3, 0.4) is 0 Å². The van der Waals surface area contributed by atoms with Gasteiger partial charge < -0.3 is 15.2 Å². The molecule has 0 atom stereocenters. The van der Waals surface area contributed by atoms with Crippen molar-refractivity contribution in [3.05, 3.63) is 58.5 Å². The van der Waals surface area contributed by atoms with Crippen molar-refractivity contribution in [3.63, 3.8) is 0 Å². The number of anilines is 1. The first-order valence-corrected chi connectivity index (χ1v) is 9.07. The van der Waals surface area contributed by atoms with Gasteiger partial charge in [0.2, 0.25) is 0 Å². The highest BCUT2D eigenvalue weighted by atomic mass is 32.2. The van der Waals surface area contributed by atoms with Gasteiger partial charge in [-0.1, -0.05) is 36.1 Å². The van der Waals surface area contributed by atoms with Crippen molar-refractivity contribution in [2.45, 2.75) is 0 Å². The molecule has 8 heteroatoms. The largest absolute Gasteiger partial charge is 0.497 e. The zero-order chi connectivity index (χ0) is 19.6. The van der Waals surface area contributed by atoms with Crippen LogP contribution in [0.4, 0.5) is 5.69 Å². The van der Waals surface area contributed by atoms with Crippen LogP contribution in [0.5, 0.6) is 11.5 Å². The van der Waals surface area contributed by atoms with Gasteiger partial charge in [0.25, 0.3) is 11.8 Å². The highest BCUT2D eigenvalue weighted by Gasteiger charge is 2.35. The number of methoxy groups -OCH3 is 2. The summed E-state index contributed by atoms with van der Waals surface area (Å²) in [6, 6.07) is 11.9. The van der Waals surface area contributed by atoms with Crippen LogP contribution in [0.15, 0.2) is 47.4 Å². The van der Waals surface area contributed by atoms with Crippen LogP contribution in [0, 0.1) is 0 Å². The second-order valence-corrected chi connectivity index (χ2v) is 7.18. The minimum Gasteiger partial charge on any atom is -0.497 e. The quantitative estimate of drug-likeness (QED) is 0.613. The van der Waals surface area contributed by atoms with Gasteiger partial charge in [0.1, 0.15) is 11.5 Å². The molecule has 138 valence electrons. The van der Waals surface area contributed by atoms with E-state index in [1.807, 2.05) is 0 Å². The molecule has 1 saturated heterocycles. The fourth-order valence-corrected chi connectivity index (χ4v) is 3.91.